The molecule has 1 saturated heterocycles. The molecule has 3 rings (SSSR count). The highest BCUT2D eigenvalue weighted by Gasteiger charge is 2.33. The lowest BCUT2D eigenvalue weighted by Crippen LogP contribution is -2.37. The van der Waals surface area contributed by atoms with Gasteiger partial charge in [-0.1, -0.05) is 12.1 Å². The van der Waals surface area contributed by atoms with E-state index in [-0.39, 0.29) is 30.0 Å². The Morgan fingerprint density at radius 1 is 1.38 bits per heavy atom. The van der Waals surface area contributed by atoms with E-state index in [1.54, 1.807) is 31.9 Å². The van der Waals surface area contributed by atoms with Crippen molar-refractivity contribution in [1.82, 2.24) is 10.3 Å². The van der Waals surface area contributed by atoms with Gasteiger partial charge in [0.15, 0.2) is 5.89 Å². The normalized spacial score (nSPS) is 17.2. The minimum atomic E-state index is -0.354. The number of methoxy groups -OCH3 is 1. The molecule has 2 heterocycles. The van der Waals surface area contributed by atoms with Crippen LogP contribution in [0.25, 0.3) is 0 Å². The first kappa shape index (κ1) is 16.0. The van der Waals surface area contributed by atoms with Crippen molar-refractivity contribution in [3.63, 3.8) is 0 Å². The van der Waals surface area contributed by atoms with Gasteiger partial charge in [-0.15, -0.1) is 0 Å². The number of rotatable bonds is 4. The molecule has 0 bridgehead atoms. The number of carbonyl (C=O) groups excluding carboxylic acids is 2. The summed E-state index contributed by atoms with van der Waals surface area (Å²) in [4.78, 5) is 30.3. The Kier molecular flexibility index (Phi) is 4.24. The summed E-state index contributed by atoms with van der Waals surface area (Å²) < 4.78 is 10.6. The Hall–Kier alpha value is -2.83. The number of carbonyl (C=O) groups is 2. The molecule has 0 saturated carbocycles. The van der Waals surface area contributed by atoms with Gasteiger partial charge in [0.05, 0.1) is 24.5 Å². The van der Waals surface area contributed by atoms with Crippen LogP contribution in [0.3, 0.4) is 0 Å². The first-order valence-corrected chi connectivity index (χ1v) is 7.68. The molecule has 7 heteroatoms. The molecule has 1 aliphatic heterocycles. The summed E-state index contributed by atoms with van der Waals surface area (Å²) in [6, 6.07) is 7.02. The molecule has 1 atom stereocenters. The Balaban J connectivity index is 1.73. The van der Waals surface area contributed by atoms with E-state index in [0.29, 0.717) is 29.6 Å². The van der Waals surface area contributed by atoms with Crippen LogP contribution >= 0.6 is 0 Å². The number of nitrogens with one attached hydrogen (secondary N) is 1. The second kappa shape index (κ2) is 6.35. The molecular formula is C17H19N3O4. The third kappa shape index (κ3) is 2.97. The molecule has 24 heavy (non-hydrogen) atoms. The fourth-order valence-corrected chi connectivity index (χ4v) is 2.88. The number of aryl methyl sites for hydroxylation is 2. The number of amides is 2. The number of oxazole rings is 1. The summed E-state index contributed by atoms with van der Waals surface area (Å²) in [5, 5.41) is 2.84. The summed E-state index contributed by atoms with van der Waals surface area (Å²) in [5.41, 5.74) is 1.24. The SMILES string of the molecule is COc1ccccc1N1CC(NC(=O)c2oc(C)nc2C)CC1=O. The second-order valence-corrected chi connectivity index (χ2v) is 5.70. The van der Waals surface area contributed by atoms with Crippen LogP contribution in [0, 0.1) is 13.8 Å². The zero-order valence-corrected chi connectivity index (χ0v) is 13.8. The van der Waals surface area contributed by atoms with Crippen LogP contribution in [0.2, 0.25) is 0 Å². The standard InChI is InChI=1S/C17H19N3O4/c1-10-16(24-11(2)18-10)17(22)19-12-8-15(21)20(9-12)13-6-4-5-7-14(13)23-3/h4-7,12H,8-9H2,1-3H3,(H,19,22). The third-order valence-electron chi connectivity index (χ3n) is 3.95. The first-order chi connectivity index (χ1) is 11.5. The lowest BCUT2D eigenvalue weighted by Gasteiger charge is -2.19. The van der Waals surface area contributed by atoms with Gasteiger partial charge in [-0.2, -0.15) is 0 Å². The van der Waals surface area contributed by atoms with Crippen LogP contribution < -0.4 is 15.0 Å². The average Bonchev–Trinajstić information content (AvgIpc) is 3.08. The maximum Gasteiger partial charge on any atom is 0.289 e. The van der Waals surface area contributed by atoms with E-state index < -0.39 is 0 Å². The van der Waals surface area contributed by atoms with Crippen molar-refractivity contribution in [2.45, 2.75) is 26.3 Å². The van der Waals surface area contributed by atoms with Gasteiger partial charge >= 0.3 is 0 Å². The predicted octanol–water partition coefficient (Wildman–Crippen LogP) is 1.84. The molecule has 1 unspecified atom stereocenters. The first-order valence-electron chi connectivity index (χ1n) is 7.68. The Bertz CT molecular complexity index is 784. The molecule has 0 radical (unpaired) electrons. The van der Waals surface area contributed by atoms with Crippen molar-refractivity contribution >= 4 is 17.5 Å². The molecule has 1 N–H and O–H groups in total. The van der Waals surface area contributed by atoms with Crippen molar-refractivity contribution in [3.05, 3.63) is 41.6 Å². The highest BCUT2D eigenvalue weighted by atomic mass is 16.5. The van der Waals surface area contributed by atoms with Crippen molar-refractivity contribution in [2.24, 2.45) is 0 Å². The summed E-state index contributed by atoms with van der Waals surface area (Å²) in [6.07, 6.45) is 0.232. The van der Waals surface area contributed by atoms with E-state index in [1.165, 1.54) is 0 Å². The Morgan fingerprint density at radius 3 is 2.79 bits per heavy atom. The van der Waals surface area contributed by atoms with E-state index in [9.17, 15) is 9.59 Å². The van der Waals surface area contributed by atoms with E-state index in [4.69, 9.17) is 9.15 Å². The summed E-state index contributed by atoms with van der Waals surface area (Å²) in [7, 11) is 1.56. The van der Waals surface area contributed by atoms with Crippen LogP contribution in [-0.2, 0) is 4.79 Å². The number of nitrogens with zero attached hydrogens (tertiary/aromatic N) is 2. The van der Waals surface area contributed by atoms with Crippen LogP contribution in [-0.4, -0.2) is 36.5 Å². The molecule has 1 aromatic heterocycles. The Labute approximate surface area is 139 Å². The highest BCUT2D eigenvalue weighted by Crippen LogP contribution is 2.31. The molecule has 0 spiro atoms. The van der Waals surface area contributed by atoms with Crippen molar-refractivity contribution < 1.29 is 18.7 Å². The molecule has 1 fully saturated rings. The van der Waals surface area contributed by atoms with Crippen molar-refractivity contribution in [2.75, 3.05) is 18.6 Å². The van der Waals surface area contributed by atoms with Crippen LogP contribution in [0.5, 0.6) is 5.75 Å². The zero-order valence-electron chi connectivity index (χ0n) is 13.8. The average molecular weight is 329 g/mol. The van der Waals surface area contributed by atoms with Crippen LogP contribution in [0.1, 0.15) is 28.6 Å². The maximum atomic E-state index is 12.3. The third-order valence-corrected chi connectivity index (χ3v) is 3.95. The minimum absolute atomic E-state index is 0.0599. The number of aromatic nitrogens is 1. The largest absolute Gasteiger partial charge is 0.495 e. The van der Waals surface area contributed by atoms with Gasteiger partial charge in [0.1, 0.15) is 5.75 Å². The van der Waals surface area contributed by atoms with Gasteiger partial charge in [0.25, 0.3) is 5.91 Å². The van der Waals surface area contributed by atoms with E-state index in [2.05, 4.69) is 10.3 Å². The van der Waals surface area contributed by atoms with Gasteiger partial charge in [-0.05, 0) is 19.1 Å². The number of hydrogen-bond acceptors (Lipinski definition) is 5. The monoisotopic (exact) mass is 329 g/mol. The number of para-hydroxylation sites is 2. The summed E-state index contributed by atoms with van der Waals surface area (Å²) in [5.74, 6) is 0.842. The van der Waals surface area contributed by atoms with Crippen molar-refractivity contribution in [1.29, 1.82) is 0 Å². The van der Waals surface area contributed by atoms with Crippen molar-refractivity contribution in [3.8, 4) is 5.75 Å². The number of hydrogen-bond donors (Lipinski definition) is 1. The van der Waals surface area contributed by atoms with Gasteiger partial charge in [0, 0.05) is 19.9 Å². The fourth-order valence-electron chi connectivity index (χ4n) is 2.88. The summed E-state index contributed by atoms with van der Waals surface area (Å²) in [6.45, 7) is 3.79. The van der Waals surface area contributed by atoms with E-state index >= 15 is 0 Å². The van der Waals surface area contributed by atoms with Crippen LogP contribution in [0.4, 0.5) is 5.69 Å². The fraction of sp³-hybridized carbons (Fsp3) is 0.353. The minimum Gasteiger partial charge on any atom is -0.495 e. The second-order valence-electron chi connectivity index (χ2n) is 5.70. The molecular weight excluding hydrogens is 310 g/mol. The number of anilines is 1. The molecule has 1 aliphatic rings. The number of benzene rings is 1. The van der Waals surface area contributed by atoms with Gasteiger partial charge < -0.3 is 19.4 Å². The van der Waals surface area contributed by atoms with Gasteiger partial charge in [-0.25, -0.2) is 4.98 Å². The molecule has 2 amide bonds. The van der Waals surface area contributed by atoms with E-state index in [1.807, 2.05) is 18.2 Å². The molecule has 2 aromatic rings. The molecule has 7 nitrogen and oxygen atoms in total. The van der Waals surface area contributed by atoms with E-state index in [0.717, 1.165) is 0 Å². The molecule has 0 aliphatic carbocycles. The topological polar surface area (TPSA) is 84.7 Å². The summed E-state index contributed by atoms with van der Waals surface area (Å²) >= 11 is 0. The quantitative estimate of drug-likeness (QED) is 0.925. The lowest BCUT2D eigenvalue weighted by atomic mass is 10.2. The van der Waals surface area contributed by atoms with Crippen LogP contribution in [0.15, 0.2) is 28.7 Å². The highest BCUT2D eigenvalue weighted by molar-refractivity contribution is 5.99. The Morgan fingerprint density at radius 2 is 2.12 bits per heavy atom. The number of ether oxygens (including phenoxy) is 1. The van der Waals surface area contributed by atoms with Gasteiger partial charge in [0.2, 0.25) is 11.7 Å². The van der Waals surface area contributed by atoms with Gasteiger partial charge in [-0.3, -0.25) is 9.59 Å². The maximum absolute atomic E-state index is 12.3. The molecule has 126 valence electrons. The zero-order chi connectivity index (χ0) is 17.3. The molecule has 1 aromatic carbocycles. The lowest BCUT2D eigenvalue weighted by molar-refractivity contribution is -0.117. The predicted molar refractivity (Wildman–Crippen MR) is 87.2 cm³/mol. The smallest absolute Gasteiger partial charge is 0.289 e.